The van der Waals surface area contributed by atoms with Crippen LogP contribution in [-0.2, 0) is 454 Å². The Bertz CT molecular complexity index is 3690. The number of isothiocyanates is 2. The van der Waals surface area contributed by atoms with Crippen molar-refractivity contribution in [2.45, 2.75) is 52.9 Å². The van der Waals surface area contributed by atoms with Crippen molar-refractivity contribution in [3.63, 3.8) is 0 Å². The first-order valence-electron chi connectivity index (χ1n) is 26.7. The number of hydrogen-bond acceptors (Lipinski definition) is 12. The van der Waals surface area contributed by atoms with Crippen molar-refractivity contribution >= 4 is 81.8 Å². The summed E-state index contributed by atoms with van der Waals surface area (Å²) in [4.78, 5) is 42.8. The van der Waals surface area contributed by atoms with Crippen molar-refractivity contribution in [1.29, 1.82) is 0 Å². The smallest absolute Gasteiger partial charge is 0.753 e. The standard InChI is InChI=1S/C55H51N4.C12H8N2O4.2CNS.Ru.12Y/c1-5-41-10-22-49(23-11-41)58(48-20-8-40(4)9-21-48)52-28-16-44(17-29-52)36-46-32-34-56-54(38-46)55-39-47(33-35-57-55)37-45-18-30-53(31-19-45)59(50-24-12-42(6-2)13-25-50)51-26-14-43(7-3)15-27-51;15-7-17-9-1-3-13-11(5-9)12-6-10(18-8-16)2-4-14-12;2*2-1-3;;;;;;;;;;;;;/h8-35,38-39H,4-7,36-37H2,1-3H3;1-8H;;;;;;;;;;;;;;;/q-1;;2*-1;+2;;;;;;;;;;;;. The fourth-order valence-electron chi connectivity index (χ4n) is 8.99. The van der Waals surface area contributed by atoms with Crippen molar-refractivity contribution in [3.8, 4) is 34.3 Å². The van der Waals surface area contributed by atoms with E-state index in [0.29, 0.717) is 35.8 Å². The zero-order valence-corrected chi connectivity index (χ0v) is 90.9. The van der Waals surface area contributed by atoms with Crippen molar-refractivity contribution in [2.24, 2.45) is 0 Å². The second-order valence-corrected chi connectivity index (χ2v) is 18.9. The number of aromatic nitrogens is 4. The van der Waals surface area contributed by atoms with Crippen LogP contribution in [-0.4, -0.2) is 43.2 Å². The summed E-state index contributed by atoms with van der Waals surface area (Å²) in [5.74, 6) is 0.719. The molecule has 27 heteroatoms. The number of aryl methyl sites for hydroxylation is 3. The normalized spacial score (nSPS) is 8.74. The minimum Gasteiger partial charge on any atom is -0.753 e. The second-order valence-electron chi connectivity index (χ2n) is 18.5. The predicted octanol–water partition coefficient (Wildman–Crippen LogP) is 16.6. The van der Waals surface area contributed by atoms with Crippen LogP contribution in [0.15, 0.2) is 219 Å². The maximum Gasteiger partial charge on any atom is 2.00 e. The van der Waals surface area contributed by atoms with Gasteiger partial charge in [0.05, 0.1) is 22.8 Å². The average Bonchev–Trinajstić information content (AvgIpc) is 0.844. The summed E-state index contributed by atoms with van der Waals surface area (Å²) in [7, 11) is 0. The summed E-state index contributed by atoms with van der Waals surface area (Å²) in [5, 5.41) is 16.9. The molecule has 0 saturated carbocycles. The molecule has 0 aliphatic heterocycles. The molecule has 0 unspecified atom stereocenters. The van der Waals surface area contributed by atoms with Crippen LogP contribution in [0, 0.1) is 6.92 Å². The zero-order chi connectivity index (χ0) is 58.8. The Morgan fingerprint density at radius 3 is 0.823 bits per heavy atom. The minimum atomic E-state index is 0. The number of carbonyl (C=O) groups excluding carboxylic acids is 2. The Kier molecular flexibility index (Phi) is 76.3. The van der Waals surface area contributed by atoms with Gasteiger partial charge in [-0.3, -0.25) is 29.5 Å². The molecule has 4 aromatic heterocycles. The van der Waals surface area contributed by atoms with E-state index in [1.165, 1.54) is 61.7 Å². The van der Waals surface area contributed by atoms with Gasteiger partial charge in [0.15, 0.2) is 0 Å². The Hall–Kier alpha value is 3.80. The van der Waals surface area contributed by atoms with Crippen molar-refractivity contribution in [2.75, 3.05) is 9.80 Å². The van der Waals surface area contributed by atoms with Crippen molar-refractivity contribution < 1.29 is 431 Å². The molecule has 0 aliphatic rings. The number of ether oxygens (including phenoxy) is 2. The first-order chi connectivity index (χ1) is 40.6. The second kappa shape index (κ2) is 64.8. The van der Waals surface area contributed by atoms with Crippen LogP contribution in [0.1, 0.15) is 65.3 Å². The monoisotopic (exact) mass is 2300 g/mol. The van der Waals surface area contributed by atoms with E-state index in [1.54, 1.807) is 24.3 Å². The predicted molar refractivity (Wildman–Crippen MR) is 341 cm³/mol. The number of benzene rings is 6. The molecule has 456 valence electrons. The van der Waals surface area contributed by atoms with Gasteiger partial charge in [-0.25, -0.2) is 0 Å². The average molecular weight is 2300 g/mol. The fourth-order valence-corrected chi connectivity index (χ4v) is 8.99. The molecule has 12 nitrogen and oxygen atoms in total. The van der Waals surface area contributed by atoms with Crippen LogP contribution < -0.4 is 19.3 Å². The number of hydrogen-bond donors (Lipinski definition) is 0. The third-order valence-electron chi connectivity index (χ3n) is 13.2. The SMILES string of the molecule is O=COc1ccnc(-c2cc(OC=O)ccn2)c1.[CH2-]c1ccc(N(c2ccc(CC)cc2)c2ccc(Cc3ccnc(-c4cc(Cc5ccc(N(c6ccc(CC)cc6)c6ccc(CC)cc6)cc5)ccn4)c3)cc2)cc1.[N-]=C=S.[N-]=C=S.[Ru+2].[Y].[Y].[Y].[Y].[Y].[Y].[Y].[Y].[Y].[Y].[Y].[Y]. The first kappa shape index (κ1) is 113. The Balaban J connectivity index is -0.000000369. The maximum atomic E-state index is 10.2. The van der Waals surface area contributed by atoms with Gasteiger partial charge in [-0.15, -0.1) is 0 Å². The molecule has 0 N–H and O–H groups in total. The zero-order valence-electron chi connectivity index (χ0n) is 53.5. The van der Waals surface area contributed by atoms with E-state index in [4.69, 9.17) is 30.3 Å². The van der Waals surface area contributed by atoms with Gasteiger partial charge >= 0.3 is 19.5 Å². The molecule has 4 heterocycles. The molecular weight excluding hydrogens is 2240 g/mol. The van der Waals surface area contributed by atoms with E-state index in [1.807, 2.05) is 12.4 Å². The molecule has 0 amide bonds. The molecule has 12 radical (unpaired) electrons. The topological polar surface area (TPSA) is 155 Å². The summed E-state index contributed by atoms with van der Waals surface area (Å²) >= 11 is 7.40. The molecule has 0 atom stereocenters. The molecular formula is C69H59N8O4RuS2Y12-. The van der Waals surface area contributed by atoms with Crippen LogP contribution in [0.3, 0.4) is 0 Å². The molecule has 0 aliphatic carbocycles. The summed E-state index contributed by atoms with van der Waals surface area (Å²) in [6.45, 7) is 11.3. The molecule has 10 rings (SSSR count). The van der Waals surface area contributed by atoms with Gasteiger partial charge in [-0.1, -0.05) is 118 Å². The number of rotatable bonds is 19. The number of carbonyl (C=O) groups is 2. The third kappa shape index (κ3) is 37.8. The van der Waals surface area contributed by atoms with E-state index >= 15 is 0 Å². The van der Waals surface area contributed by atoms with E-state index < -0.39 is 0 Å². The number of anilines is 6. The van der Waals surface area contributed by atoms with Gasteiger partial charge in [0.2, 0.25) is 0 Å². The number of nitrogens with zero attached hydrogens (tertiary/aromatic N) is 8. The van der Waals surface area contributed by atoms with E-state index in [9.17, 15) is 9.59 Å². The van der Waals surface area contributed by atoms with Crippen molar-refractivity contribution in [3.05, 3.63) is 281 Å². The van der Waals surface area contributed by atoms with Gasteiger partial charge in [0.25, 0.3) is 12.9 Å². The molecule has 0 bridgehead atoms. The number of pyridine rings is 4. The number of thiocarbonyl (C=S) groups is 2. The van der Waals surface area contributed by atoms with E-state index in [2.05, 4.69) is 242 Å². The Labute approximate surface area is 891 Å². The first-order valence-corrected chi connectivity index (χ1v) is 27.5. The fraction of sp³-hybridized carbons (Fsp3) is 0.116. The summed E-state index contributed by atoms with van der Waals surface area (Å²) < 4.78 is 9.42. The molecule has 0 spiro atoms. The minimum absolute atomic E-state index is 0. The van der Waals surface area contributed by atoms with E-state index in [0.717, 1.165) is 83.2 Å². The van der Waals surface area contributed by atoms with Crippen LogP contribution in [0.25, 0.3) is 33.6 Å². The van der Waals surface area contributed by atoms with Gasteiger partial charge in [-0.05, 0) is 168 Å². The maximum absolute atomic E-state index is 10.2. The third-order valence-corrected chi connectivity index (χ3v) is 13.2. The van der Waals surface area contributed by atoms with Crippen LogP contribution in [0.4, 0.5) is 34.1 Å². The van der Waals surface area contributed by atoms with Crippen LogP contribution in [0.2, 0.25) is 0 Å². The largest absolute Gasteiger partial charge is 2.00 e. The Morgan fingerprint density at radius 1 is 0.365 bits per heavy atom. The molecule has 0 fully saturated rings. The molecule has 10 aromatic rings. The molecule has 6 aromatic carbocycles. The quantitative estimate of drug-likeness (QED) is 0.0249. The van der Waals surface area contributed by atoms with Crippen molar-refractivity contribution in [1.82, 2.24) is 19.9 Å². The summed E-state index contributed by atoms with van der Waals surface area (Å²) in [6.07, 6.45) is 11.4. The van der Waals surface area contributed by atoms with Crippen LogP contribution >= 0.6 is 24.4 Å². The Morgan fingerprint density at radius 2 is 0.583 bits per heavy atom. The van der Waals surface area contributed by atoms with E-state index in [-0.39, 0.29) is 412 Å². The van der Waals surface area contributed by atoms with Gasteiger partial charge in [0, 0.05) is 464 Å². The summed E-state index contributed by atoms with van der Waals surface area (Å²) in [6, 6.07) is 67.7. The van der Waals surface area contributed by atoms with Gasteiger partial charge in [0.1, 0.15) is 11.5 Å². The van der Waals surface area contributed by atoms with Gasteiger partial charge < -0.3 is 30.1 Å². The molecule has 0 saturated heterocycles. The molecule has 96 heavy (non-hydrogen) atoms. The van der Waals surface area contributed by atoms with Gasteiger partial charge in [-0.2, -0.15) is 34.9 Å². The van der Waals surface area contributed by atoms with Crippen LogP contribution in [0.5, 0.6) is 11.5 Å². The summed E-state index contributed by atoms with van der Waals surface area (Å²) in [5.41, 5.74) is 19.4.